The van der Waals surface area contributed by atoms with Gasteiger partial charge in [-0.2, -0.15) is 0 Å². The number of nitrogens with zero attached hydrogens (tertiary/aromatic N) is 2. The van der Waals surface area contributed by atoms with Gasteiger partial charge in [-0.15, -0.1) is 0 Å². The van der Waals surface area contributed by atoms with Crippen LogP contribution in [0.25, 0.3) is 11.1 Å². The van der Waals surface area contributed by atoms with Crippen LogP contribution in [0.4, 0.5) is 10.2 Å². The number of anilines is 1. The molecule has 1 saturated heterocycles. The molecule has 37 heavy (non-hydrogen) atoms. The zero-order chi connectivity index (χ0) is 26.4. The van der Waals surface area contributed by atoms with Gasteiger partial charge in [0.2, 0.25) is 0 Å². The SMILES string of the molecule is CCOc1cc(CN(c2cc(C(=O)O)cc(Cl)n2)C2CCNCC2)cc(OCC)c1-c1ccc(F)cc1. The Kier molecular flexibility index (Phi) is 8.84. The highest BCUT2D eigenvalue weighted by Gasteiger charge is 2.25. The molecule has 0 spiro atoms. The van der Waals surface area contributed by atoms with Gasteiger partial charge in [0.1, 0.15) is 28.3 Å². The van der Waals surface area contributed by atoms with Crippen molar-refractivity contribution < 1.29 is 23.8 Å². The van der Waals surface area contributed by atoms with Gasteiger partial charge in [0.05, 0.1) is 24.3 Å². The van der Waals surface area contributed by atoms with Crippen molar-refractivity contribution in [2.45, 2.75) is 39.3 Å². The predicted molar refractivity (Wildman–Crippen MR) is 142 cm³/mol. The van der Waals surface area contributed by atoms with Gasteiger partial charge in [-0.25, -0.2) is 14.2 Å². The first-order valence-corrected chi connectivity index (χ1v) is 12.8. The van der Waals surface area contributed by atoms with E-state index in [1.165, 1.54) is 18.2 Å². The number of hydrogen-bond acceptors (Lipinski definition) is 6. The van der Waals surface area contributed by atoms with Crippen molar-refractivity contribution in [3.05, 3.63) is 70.6 Å². The number of pyridine rings is 1. The van der Waals surface area contributed by atoms with E-state index in [9.17, 15) is 14.3 Å². The predicted octanol–water partition coefficient (Wildman–Crippen LogP) is 5.80. The van der Waals surface area contributed by atoms with Crippen LogP contribution in [-0.2, 0) is 6.54 Å². The summed E-state index contributed by atoms with van der Waals surface area (Å²) in [6, 6.07) is 13.2. The first kappa shape index (κ1) is 26.7. The lowest BCUT2D eigenvalue weighted by Gasteiger charge is -2.36. The van der Waals surface area contributed by atoms with Crippen LogP contribution in [0.5, 0.6) is 11.5 Å². The van der Waals surface area contributed by atoms with E-state index in [1.807, 2.05) is 26.0 Å². The van der Waals surface area contributed by atoms with E-state index in [4.69, 9.17) is 21.1 Å². The lowest BCUT2D eigenvalue weighted by molar-refractivity contribution is 0.0696. The number of benzene rings is 2. The highest BCUT2D eigenvalue weighted by atomic mass is 35.5. The summed E-state index contributed by atoms with van der Waals surface area (Å²) in [7, 11) is 0. The minimum atomic E-state index is -1.06. The Morgan fingerprint density at radius 1 is 1.08 bits per heavy atom. The maximum absolute atomic E-state index is 13.6. The summed E-state index contributed by atoms with van der Waals surface area (Å²) in [5, 5.41) is 13.1. The van der Waals surface area contributed by atoms with Crippen molar-refractivity contribution in [3.63, 3.8) is 0 Å². The smallest absolute Gasteiger partial charge is 0.335 e. The summed E-state index contributed by atoms with van der Waals surface area (Å²) in [4.78, 5) is 18.3. The van der Waals surface area contributed by atoms with Gasteiger partial charge in [-0.3, -0.25) is 0 Å². The number of carbonyl (C=O) groups is 1. The molecule has 2 aromatic carbocycles. The monoisotopic (exact) mass is 527 g/mol. The molecule has 4 rings (SSSR count). The van der Waals surface area contributed by atoms with Gasteiger partial charge in [0.25, 0.3) is 0 Å². The molecule has 0 radical (unpaired) electrons. The quantitative estimate of drug-likeness (QED) is 0.322. The average molecular weight is 528 g/mol. The largest absolute Gasteiger partial charge is 0.493 e. The zero-order valence-electron chi connectivity index (χ0n) is 21.0. The second-order valence-electron chi connectivity index (χ2n) is 8.79. The van der Waals surface area contributed by atoms with E-state index in [0.29, 0.717) is 37.1 Å². The third kappa shape index (κ3) is 6.50. The van der Waals surface area contributed by atoms with E-state index in [1.54, 1.807) is 18.2 Å². The summed E-state index contributed by atoms with van der Waals surface area (Å²) in [6.45, 7) is 6.86. The Labute approximate surface area is 221 Å². The topological polar surface area (TPSA) is 83.9 Å². The van der Waals surface area contributed by atoms with Crippen molar-refractivity contribution >= 4 is 23.4 Å². The van der Waals surface area contributed by atoms with Crippen LogP contribution in [0.15, 0.2) is 48.5 Å². The third-order valence-electron chi connectivity index (χ3n) is 6.28. The third-order valence-corrected chi connectivity index (χ3v) is 6.48. The normalized spacial score (nSPS) is 13.8. The fraction of sp³-hybridized carbons (Fsp3) is 0.357. The highest BCUT2D eigenvalue weighted by molar-refractivity contribution is 6.29. The number of hydrogen-bond donors (Lipinski definition) is 2. The van der Waals surface area contributed by atoms with Gasteiger partial charge in [-0.05, 0) is 87.3 Å². The van der Waals surface area contributed by atoms with Crippen LogP contribution in [0.3, 0.4) is 0 Å². The molecule has 2 N–H and O–H groups in total. The fourth-order valence-electron chi connectivity index (χ4n) is 4.64. The Morgan fingerprint density at radius 3 is 2.27 bits per heavy atom. The number of rotatable bonds is 10. The number of ether oxygens (including phenoxy) is 2. The molecule has 2 heterocycles. The summed E-state index contributed by atoms with van der Waals surface area (Å²) < 4.78 is 25.7. The Balaban J connectivity index is 1.80. The molecule has 9 heteroatoms. The van der Waals surface area contributed by atoms with Gasteiger partial charge >= 0.3 is 5.97 Å². The first-order valence-electron chi connectivity index (χ1n) is 12.5. The highest BCUT2D eigenvalue weighted by Crippen LogP contribution is 2.41. The van der Waals surface area contributed by atoms with Crippen LogP contribution in [-0.4, -0.2) is 48.4 Å². The maximum atomic E-state index is 13.6. The number of carboxylic acids is 1. The van der Waals surface area contributed by atoms with E-state index >= 15 is 0 Å². The minimum Gasteiger partial charge on any atom is -0.493 e. The Morgan fingerprint density at radius 2 is 1.70 bits per heavy atom. The summed E-state index contributed by atoms with van der Waals surface area (Å²) in [5.41, 5.74) is 2.55. The lowest BCUT2D eigenvalue weighted by atomic mass is 9.99. The van der Waals surface area contributed by atoms with Crippen molar-refractivity contribution in [1.29, 1.82) is 0 Å². The fourth-order valence-corrected chi connectivity index (χ4v) is 4.85. The molecule has 0 amide bonds. The number of carboxylic acid groups (broad SMARTS) is 1. The van der Waals surface area contributed by atoms with E-state index in [2.05, 4.69) is 15.2 Å². The minimum absolute atomic E-state index is 0.0885. The first-order chi connectivity index (χ1) is 17.9. The Hall–Kier alpha value is -3.36. The van der Waals surface area contributed by atoms with E-state index in [-0.39, 0.29) is 22.6 Å². The molecular formula is C28H31ClFN3O4. The van der Waals surface area contributed by atoms with Crippen LogP contribution >= 0.6 is 11.6 Å². The molecule has 0 atom stereocenters. The maximum Gasteiger partial charge on any atom is 0.335 e. The molecule has 1 aliphatic heterocycles. The molecule has 0 unspecified atom stereocenters. The number of nitrogens with one attached hydrogen (secondary N) is 1. The zero-order valence-corrected chi connectivity index (χ0v) is 21.7. The van der Waals surface area contributed by atoms with Crippen molar-refractivity contribution in [2.24, 2.45) is 0 Å². The molecule has 1 fully saturated rings. The standard InChI is InChI=1S/C28H31ClFN3O4/c1-3-36-23-13-18(14-24(37-4-2)27(23)19-5-7-21(30)8-6-19)17-33(22-9-11-31-12-10-22)26-16-20(28(34)35)15-25(29)32-26/h5-8,13-16,22,31H,3-4,9-12,17H2,1-2H3,(H,34,35). The van der Waals surface area contributed by atoms with Crippen LogP contribution in [0.2, 0.25) is 5.15 Å². The van der Waals surface area contributed by atoms with Gasteiger partial charge in [0.15, 0.2) is 0 Å². The number of aromatic nitrogens is 1. The van der Waals surface area contributed by atoms with Gasteiger partial charge < -0.3 is 24.8 Å². The molecule has 0 aliphatic carbocycles. The molecule has 1 aromatic heterocycles. The number of aromatic carboxylic acids is 1. The molecule has 7 nitrogen and oxygen atoms in total. The Bertz CT molecular complexity index is 1210. The van der Waals surface area contributed by atoms with Gasteiger partial charge in [-0.1, -0.05) is 23.7 Å². The molecule has 0 bridgehead atoms. The second kappa shape index (κ2) is 12.3. The number of piperidine rings is 1. The van der Waals surface area contributed by atoms with Crippen molar-refractivity contribution in [3.8, 4) is 22.6 Å². The van der Waals surface area contributed by atoms with E-state index < -0.39 is 5.97 Å². The van der Waals surface area contributed by atoms with Crippen molar-refractivity contribution in [1.82, 2.24) is 10.3 Å². The second-order valence-corrected chi connectivity index (χ2v) is 9.18. The van der Waals surface area contributed by atoms with Crippen LogP contribution in [0, 0.1) is 5.82 Å². The molecule has 196 valence electrons. The molecular weight excluding hydrogens is 497 g/mol. The van der Waals surface area contributed by atoms with Gasteiger partial charge in [0, 0.05) is 12.6 Å². The number of halogens is 2. The van der Waals surface area contributed by atoms with Crippen LogP contribution < -0.4 is 19.7 Å². The summed E-state index contributed by atoms with van der Waals surface area (Å²) in [5.74, 6) is 0.395. The molecule has 0 saturated carbocycles. The van der Waals surface area contributed by atoms with E-state index in [0.717, 1.165) is 42.6 Å². The summed E-state index contributed by atoms with van der Waals surface area (Å²) >= 11 is 6.23. The molecule has 3 aromatic rings. The average Bonchev–Trinajstić information content (AvgIpc) is 2.88. The molecule has 1 aliphatic rings. The van der Waals surface area contributed by atoms with Crippen LogP contribution in [0.1, 0.15) is 42.6 Å². The van der Waals surface area contributed by atoms with Crippen molar-refractivity contribution in [2.75, 3.05) is 31.2 Å². The lowest BCUT2D eigenvalue weighted by Crippen LogP contribution is -2.43. The summed E-state index contributed by atoms with van der Waals surface area (Å²) in [6.07, 6.45) is 1.75.